The van der Waals surface area contributed by atoms with Crippen LogP contribution in [0.3, 0.4) is 0 Å². The molecule has 3 rings (SSSR count). The molecule has 0 saturated heterocycles. The number of aromatic nitrogens is 2. The molecule has 0 aliphatic carbocycles. The van der Waals surface area contributed by atoms with Gasteiger partial charge < -0.3 is 5.73 Å². The molecule has 2 aromatic carbocycles. The van der Waals surface area contributed by atoms with Gasteiger partial charge in [-0.2, -0.15) is 0 Å². The molecule has 0 spiro atoms. The van der Waals surface area contributed by atoms with Gasteiger partial charge in [0.15, 0.2) is 5.16 Å². The molecule has 0 unspecified atom stereocenters. The summed E-state index contributed by atoms with van der Waals surface area (Å²) in [7, 11) is 0. The van der Waals surface area contributed by atoms with E-state index in [-0.39, 0.29) is 11.3 Å². The van der Waals surface area contributed by atoms with E-state index in [9.17, 15) is 9.59 Å². The minimum Gasteiger partial charge on any atom is -0.369 e. The first kappa shape index (κ1) is 16.0. The van der Waals surface area contributed by atoms with E-state index in [0.29, 0.717) is 21.7 Å². The fourth-order valence-electron chi connectivity index (χ4n) is 2.17. The summed E-state index contributed by atoms with van der Waals surface area (Å²) < 4.78 is 2.48. The van der Waals surface area contributed by atoms with Gasteiger partial charge in [-0.05, 0) is 52.9 Å². The summed E-state index contributed by atoms with van der Waals surface area (Å²) in [5, 5.41) is 0.998. The summed E-state index contributed by atoms with van der Waals surface area (Å²) in [5.41, 5.74) is 6.38. The van der Waals surface area contributed by atoms with Gasteiger partial charge >= 0.3 is 0 Å². The van der Waals surface area contributed by atoms with Crippen LogP contribution in [0.5, 0.6) is 0 Å². The summed E-state index contributed by atoms with van der Waals surface area (Å²) in [6.07, 6.45) is 0. The third-order valence-corrected chi connectivity index (χ3v) is 4.79. The van der Waals surface area contributed by atoms with Gasteiger partial charge in [-0.3, -0.25) is 14.2 Å². The highest BCUT2D eigenvalue weighted by Crippen LogP contribution is 2.22. The molecule has 23 heavy (non-hydrogen) atoms. The standard InChI is InChI=1S/C16H12IN3O2S/c17-10-6-7-13-12(8-10)15(22)20(11-4-2-1-3-5-11)16(19-13)23-9-14(18)21/h1-8H,9H2,(H2,18,21). The molecule has 0 fully saturated rings. The van der Waals surface area contributed by atoms with E-state index in [4.69, 9.17) is 5.73 Å². The molecule has 0 bridgehead atoms. The second-order valence-corrected chi connectivity index (χ2v) is 6.98. The Morgan fingerprint density at radius 2 is 1.96 bits per heavy atom. The van der Waals surface area contributed by atoms with Crippen molar-refractivity contribution in [3.05, 3.63) is 62.5 Å². The minimum absolute atomic E-state index is 0.0646. The number of halogens is 1. The highest BCUT2D eigenvalue weighted by atomic mass is 127. The van der Waals surface area contributed by atoms with Crippen LogP contribution in [0.15, 0.2) is 58.5 Å². The Morgan fingerprint density at radius 3 is 2.65 bits per heavy atom. The quantitative estimate of drug-likeness (QED) is 0.387. The molecule has 2 N–H and O–H groups in total. The fraction of sp³-hybridized carbons (Fsp3) is 0.0625. The summed E-state index contributed by atoms with van der Waals surface area (Å²) in [5.74, 6) is -0.388. The Labute approximate surface area is 150 Å². The molecule has 1 aromatic heterocycles. The van der Waals surface area contributed by atoms with Gasteiger partial charge in [-0.25, -0.2) is 4.98 Å². The molecule has 1 amide bonds. The van der Waals surface area contributed by atoms with Crippen molar-refractivity contribution >= 4 is 51.2 Å². The van der Waals surface area contributed by atoms with E-state index in [1.807, 2.05) is 48.5 Å². The minimum atomic E-state index is -0.452. The van der Waals surface area contributed by atoms with Crippen LogP contribution in [-0.4, -0.2) is 21.2 Å². The number of benzene rings is 2. The lowest BCUT2D eigenvalue weighted by Gasteiger charge is -2.12. The molecular formula is C16H12IN3O2S. The van der Waals surface area contributed by atoms with Crippen LogP contribution < -0.4 is 11.3 Å². The summed E-state index contributed by atoms with van der Waals surface area (Å²) in [6.45, 7) is 0. The molecule has 0 aliphatic heterocycles. The predicted octanol–water partition coefficient (Wildman–Crippen LogP) is 2.57. The molecule has 5 nitrogen and oxygen atoms in total. The summed E-state index contributed by atoms with van der Waals surface area (Å²) in [4.78, 5) is 28.6. The molecule has 1 heterocycles. The maximum Gasteiger partial charge on any atom is 0.266 e. The number of primary amides is 1. The largest absolute Gasteiger partial charge is 0.369 e. The van der Waals surface area contributed by atoms with Crippen molar-refractivity contribution in [1.29, 1.82) is 0 Å². The van der Waals surface area contributed by atoms with Gasteiger partial charge in [0, 0.05) is 3.57 Å². The number of nitrogens with zero attached hydrogens (tertiary/aromatic N) is 2. The lowest BCUT2D eigenvalue weighted by molar-refractivity contribution is -0.115. The van der Waals surface area contributed by atoms with Crippen LogP contribution in [0.2, 0.25) is 0 Å². The maximum absolute atomic E-state index is 12.9. The molecule has 3 aromatic rings. The number of thioether (sulfide) groups is 1. The summed E-state index contributed by atoms with van der Waals surface area (Å²) in [6, 6.07) is 14.8. The number of amides is 1. The van der Waals surface area contributed by atoms with Crippen molar-refractivity contribution < 1.29 is 4.79 Å². The molecule has 116 valence electrons. The third-order valence-electron chi connectivity index (χ3n) is 3.16. The molecule has 0 atom stereocenters. The molecule has 0 saturated carbocycles. The zero-order valence-electron chi connectivity index (χ0n) is 11.9. The first-order chi connectivity index (χ1) is 11.1. The van der Waals surface area contributed by atoms with Crippen LogP contribution >= 0.6 is 34.4 Å². The lowest BCUT2D eigenvalue weighted by Crippen LogP contribution is -2.23. The van der Waals surface area contributed by atoms with Crippen LogP contribution in [0.25, 0.3) is 16.6 Å². The smallest absolute Gasteiger partial charge is 0.266 e. The van der Waals surface area contributed by atoms with E-state index < -0.39 is 5.91 Å². The lowest BCUT2D eigenvalue weighted by atomic mass is 10.2. The molecule has 7 heteroatoms. The SMILES string of the molecule is NC(=O)CSc1nc2ccc(I)cc2c(=O)n1-c1ccccc1. The van der Waals surface area contributed by atoms with Gasteiger partial charge in [-0.1, -0.05) is 30.0 Å². The Hall–Kier alpha value is -1.87. The molecule has 0 radical (unpaired) electrons. The third kappa shape index (κ3) is 3.40. The first-order valence-corrected chi connectivity index (χ1v) is 8.81. The average molecular weight is 437 g/mol. The van der Waals surface area contributed by atoms with Crippen molar-refractivity contribution in [3.63, 3.8) is 0 Å². The van der Waals surface area contributed by atoms with E-state index in [1.54, 1.807) is 0 Å². The highest BCUT2D eigenvalue weighted by molar-refractivity contribution is 14.1. The predicted molar refractivity (Wildman–Crippen MR) is 100.0 cm³/mol. The Kier molecular flexibility index (Phi) is 4.67. The molecule has 0 aliphatic rings. The van der Waals surface area contributed by atoms with Gasteiger partial charge in [0.05, 0.1) is 22.3 Å². The fourth-order valence-corrected chi connectivity index (χ4v) is 3.42. The number of nitrogens with two attached hydrogens (primary N) is 1. The summed E-state index contributed by atoms with van der Waals surface area (Å²) >= 11 is 3.32. The van der Waals surface area contributed by atoms with Crippen molar-refractivity contribution in [1.82, 2.24) is 9.55 Å². The number of hydrogen-bond donors (Lipinski definition) is 1. The monoisotopic (exact) mass is 437 g/mol. The zero-order valence-corrected chi connectivity index (χ0v) is 14.9. The van der Waals surface area contributed by atoms with Gasteiger partial charge in [0.1, 0.15) is 0 Å². The van der Waals surface area contributed by atoms with Crippen molar-refractivity contribution in [2.45, 2.75) is 5.16 Å². The van der Waals surface area contributed by atoms with Crippen LogP contribution in [0, 0.1) is 3.57 Å². The number of para-hydroxylation sites is 1. The number of fused-ring (bicyclic) bond motifs is 1. The van der Waals surface area contributed by atoms with E-state index in [1.165, 1.54) is 4.57 Å². The zero-order chi connectivity index (χ0) is 16.4. The number of hydrogen-bond acceptors (Lipinski definition) is 4. The van der Waals surface area contributed by atoms with Gasteiger partial charge in [-0.15, -0.1) is 0 Å². The first-order valence-electron chi connectivity index (χ1n) is 6.75. The molecular weight excluding hydrogens is 425 g/mol. The van der Waals surface area contributed by atoms with Gasteiger partial charge in [0.2, 0.25) is 5.91 Å². The number of carbonyl (C=O) groups excluding carboxylic acids is 1. The van der Waals surface area contributed by atoms with E-state index in [0.717, 1.165) is 15.3 Å². The highest BCUT2D eigenvalue weighted by Gasteiger charge is 2.14. The van der Waals surface area contributed by atoms with Crippen LogP contribution in [0.4, 0.5) is 0 Å². The van der Waals surface area contributed by atoms with Crippen LogP contribution in [0.1, 0.15) is 0 Å². The topological polar surface area (TPSA) is 78.0 Å². The van der Waals surface area contributed by atoms with Crippen LogP contribution in [-0.2, 0) is 4.79 Å². The van der Waals surface area contributed by atoms with E-state index in [2.05, 4.69) is 27.6 Å². The Balaban J connectivity index is 2.28. The normalized spacial score (nSPS) is 10.8. The maximum atomic E-state index is 12.9. The Morgan fingerprint density at radius 1 is 1.22 bits per heavy atom. The van der Waals surface area contributed by atoms with Crippen molar-refractivity contribution in [2.24, 2.45) is 5.73 Å². The number of carbonyl (C=O) groups is 1. The van der Waals surface area contributed by atoms with Gasteiger partial charge in [0.25, 0.3) is 5.56 Å². The van der Waals surface area contributed by atoms with Crippen molar-refractivity contribution in [2.75, 3.05) is 5.75 Å². The Bertz CT molecular complexity index is 941. The average Bonchev–Trinajstić information content (AvgIpc) is 2.54. The second-order valence-electron chi connectivity index (χ2n) is 4.79. The van der Waals surface area contributed by atoms with E-state index >= 15 is 0 Å². The number of rotatable bonds is 4. The van der Waals surface area contributed by atoms with Crippen molar-refractivity contribution in [3.8, 4) is 5.69 Å². The second kappa shape index (κ2) is 6.71.